The molecule has 0 amide bonds. The zero-order valence-electron chi connectivity index (χ0n) is 9.25. The topological polar surface area (TPSA) is 44.4 Å². The van der Waals surface area contributed by atoms with Gasteiger partial charge in [0.25, 0.3) is 0 Å². The van der Waals surface area contributed by atoms with Crippen molar-refractivity contribution in [2.24, 2.45) is 0 Å². The van der Waals surface area contributed by atoms with Gasteiger partial charge in [-0.05, 0) is 19.1 Å². The van der Waals surface area contributed by atoms with Crippen LogP contribution >= 0.6 is 11.6 Å². The second kappa shape index (κ2) is 4.31. The molecular weight excluding hydrogens is 226 g/mol. The number of hydrogen-bond donors (Lipinski definition) is 2. The molecule has 0 aromatic heterocycles. The summed E-state index contributed by atoms with van der Waals surface area (Å²) in [5, 5.41) is 5.81. The summed E-state index contributed by atoms with van der Waals surface area (Å²) in [6, 6.07) is -0.255. The number of dihydropyridines is 1. The Labute approximate surface area is 99.6 Å². The first kappa shape index (κ1) is 11.2. The lowest BCUT2D eigenvalue weighted by Crippen LogP contribution is -2.35. The van der Waals surface area contributed by atoms with Gasteiger partial charge in [-0.1, -0.05) is 11.6 Å². The molecule has 0 saturated carbocycles. The molecule has 0 radical (unpaired) electrons. The third kappa shape index (κ3) is 1.99. The molecule has 0 spiro atoms. The van der Waals surface area contributed by atoms with Crippen LogP contribution in [0.5, 0.6) is 0 Å². The number of likely N-dealkylation sites (N-methyl/N-ethyl adjacent to an activating group) is 1. The van der Waals surface area contributed by atoms with E-state index < -0.39 is 0 Å². The van der Waals surface area contributed by atoms with Gasteiger partial charge in [-0.25, -0.2) is 5.43 Å². The van der Waals surface area contributed by atoms with E-state index >= 15 is 0 Å². The fraction of sp³-hybridized carbons (Fsp3) is 0.364. The van der Waals surface area contributed by atoms with Crippen LogP contribution in [-0.4, -0.2) is 30.9 Å². The van der Waals surface area contributed by atoms with Crippen molar-refractivity contribution < 1.29 is 4.79 Å². The predicted molar refractivity (Wildman–Crippen MR) is 63.5 cm³/mol. The molecule has 4 nitrogen and oxygen atoms in total. The maximum Gasteiger partial charge on any atom is 0.142 e. The molecule has 1 atom stereocenters. The van der Waals surface area contributed by atoms with E-state index in [9.17, 15) is 4.79 Å². The van der Waals surface area contributed by atoms with Crippen LogP contribution in [-0.2, 0) is 4.79 Å². The maximum absolute atomic E-state index is 10.7. The number of nitrogens with one attached hydrogen (secondary N) is 2. The average molecular weight is 240 g/mol. The zero-order valence-corrected chi connectivity index (χ0v) is 10.0. The van der Waals surface area contributed by atoms with Crippen LogP contribution in [0.25, 0.3) is 0 Å². The monoisotopic (exact) mass is 239 g/mol. The van der Waals surface area contributed by atoms with Crippen molar-refractivity contribution in [1.82, 2.24) is 15.8 Å². The van der Waals surface area contributed by atoms with Crippen LogP contribution in [0.3, 0.4) is 0 Å². The van der Waals surface area contributed by atoms with Crippen molar-refractivity contribution in [3.05, 3.63) is 34.2 Å². The molecule has 2 aliphatic heterocycles. The Morgan fingerprint density at radius 3 is 3.00 bits per heavy atom. The van der Waals surface area contributed by atoms with Crippen molar-refractivity contribution in [3.63, 3.8) is 0 Å². The van der Waals surface area contributed by atoms with Crippen LogP contribution in [0.2, 0.25) is 0 Å². The van der Waals surface area contributed by atoms with Gasteiger partial charge in [-0.15, -0.1) is 0 Å². The van der Waals surface area contributed by atoms with Crippen molar-refractivity contribution in [1.29, 1.82) is 0 Å². The molecule has 0 aromatic rings. The minimum atomic E-state index is -0.255. The lowest BCUT2D eigenvalue weighted by atomic mass is 10.1. The van der Waals surface area contributed by atoms with Gasteiger partial charge < -0.3 is 15.1 Å². The summed E-state index contributed by atoms with van der Waals surface area (Å²) in [5.74, 6) is 0. The predicted octanol–water partition coefficient (Wildman–Crippen LogP) is 0.888. The molecule has 2 N–H and O–H groups in total. The van der Waals surface area contributed by atoms with Crippen molar-refractivity contribution in [2.75, 3.05) is 13.6 Å². The summed E-state index contributed by atoms with van der Waals surface area (Å²) in [6.45, 7) is 2.66. The van der Waals surface area contributed by atoms with Gasteiger partial charge in [0.05, 0.1) is 12.2 Å². The number of rotatable bonds is 2. The Morgan fingerprint density at radius 1 is 1.62 bits per heavy atom. The number of hydrazine groups is 1. The maximum atomic E-state index is 10.7. The second-order valence-electron chi connectivity index (χ2n) is 3.89. The molecule has 86 valence electrons. The van der Waals surface area contributed by atoms with Gasteiger partial charge in [-0.2, -0.15) is 0 Å². The number of nitrogens with zero attached hydrogens (tertiary/aromatic N) is 1. The van der Waals surface area contributed by atoms with E-state index in [4.69, 9.17) is 11.6 Å². The van der Waals surface area contributed by atoms with Gasteiger partial charge in [0.1, 0.15) is 12.3 Å². The quantitative estimate of drug-likeness (QED) is 0.703. The first-order valence-electron chi connectivity index (χ1n) is 5.10. The fourth-order valence-electron chi connectivity index (χ4n) is 1.85. The second-order valence-corrected chi connectivity index (χ2v) is 4.37. The Morgan fingerprint density at radius 2 is 2.38 bits per heavy atom. The molecule has 0 bridgehead atoms. The van der Waals surface area contributed by atoms with Crippen LogP contribution in [0.4, 0.5) is 0 Å². The summed E-state index contributed by atoms with van der Waals surface area (Å²) in [6.07, 6.45) is 4.70. The first-order chi connectivity index (χ1) is 7.61. The molecule has 0 aromatic carbocycles. The van der Waals surface area contributed by atoms with Gasteiger partial charge >= 0.3 is 0 Å². The number of carbonyl (C=O) groups is 1. The summed E-state index contributed by atoms with van der Waals surface area (Å²) in [7, 11) is 1.88. The molecule has 0 aliphatic carbocycles. The molecule has 2 aliphatic rings. The lowest BCUT2D eigenvalue weighted by Gasteiger charge is -2.23. The van der Waals surface area contributed by atoms with Gasteiger partial charge in [-0.3, -0.25) is 0 Å². The van der Waals surface area contributed by atoms with E-state index in [0.717, 1.165) is 28.3 Å². The largest absolute Gasteiger partial charge is 0.383 e. The van der Waals surface area contributed by atoms with Crippen molar-refractivity contribution in [2.45, 2.75) is 13.0 Å². The number of halogens is 1. The summed E-state index contributed by atoms with van der Waals surface area (Å²) >= 11 is 6.00. The summed E-state index contributed by atoms with van der Waals surface area (Å²) in [5.41, 5.74) is 6.09. The average Bonchev–Trinajstić information content (AvgIpc) is 2.63. The van der Waals surface area contributed by atoms with E-state index in [2.05, 4.69) is 10.7 Å². The minimum Gasteiger partial charge on any atom is -0.383 e. The first-order valence-corrected chi connectivity index (χ1v) is 5.48. The standard InChI is InChI=1S/C11H14ClN3O/c1-7-10(3-8(12)5-13-7)11-4-9(6-16)14-15(11)2/h3-4,6,9,13-14H,5H2,1-2H3. The van der Waals surface area contributed by atoms with E-state index in [1.165, 1.54) is 0 Å². The minimum absolute atomic E-state index is 0.255. The number of aldehydes is 1. The number of hydrogen-bond acceptors (Lipinski definition) is 4. The van der Waals surface area contributed by atoms with E-state index in [0.29, 0.717) is 6.54 Å². The summed E-state index contributed by atoms with van der Waals surface area (Å²) in [4.78, 5) is 10.7. The van der Waals surface area contributed by atoms with Gasteiger partial charge in [0, 0.05) is 23.4 Å². The van der Waals surface area contributed by atoms with Crippen LogP contribution in [0, 0.1) is 0 Å². The molecular formula is C11H14ClN3O. The molecule has 0 fully saturated rings. The van der Waals surface area contributed by atoms with Crippen LogP contribution in [0.15, 0.2) is 34.2 Å². The third-order valence-electron chi connectivity index (χ3n) is 2.69. The SMILES string of the molecule is CC1=C(C2=CC(C=O)NN2C)C=C(Cl)CN1. The molecule has 2 rings (SSSR count). The smallest absolute Gasteiger partial charge is 0.142 e. The van der Waals surface area contributed by atoms with E-state index in [-0.39, 0.29) is 6.04 Å². The van der Waals surface area contributed by atoms with E-state index in [1.807, 2.05) is 31.1 Å². The van der Waals surface area contributed by atoms with Crippen LogP contribution < -0.4 is 10.7 Å². The number of allylic oxidation sites excluding steroid dienone is 2. The van der Waals surface area contributed by atoms with Crippen molar-refractivity contribution >= 4 is 17.9 Å². The highest BCUT2D eigenvalue weighted by atomic mass is 35.5. The Kier molecular flexibility index (Phi) is 3.03. The highest BCUT2D eigenvalue weighted by Gasteiger charge is 2.23. The van der Waals surface area contributed by atoms with Gasteiger partial charge in [0.2, 0.25) is 0 Å². The lowest BCUT2D eigenvalue weighted by molar-refractivity contribution is -0.109. The van der Waals surface area contributed by atoms with Crippen molar-refractivity contribution in [3.8, 4) is 0 Å². The Balaban J connectivity index is 2.34. The molecule has 5 heteroatoms. The zero-order chi connectivity index (χ0) is 11.7. The number of carbonyl (C=O) groups excluding carboxylic acids is 1. The molecule has 1 unspecified atom stereocenters. The molecule has 2 heterocycles. The Bertz CT molecular complexity index is 411. The third-order valence-corrected chi connectivity index (χ3v) is 2.93. The normalized spacial score (nSPS) is 25.2. The highest BCUT2D eigenvalue weighted by molar-refractivity contribution is 6.30. The fourth-order valence-corrected chi connectivity index (χ4v) is 2.02. The molecule has 0 saturated heterocycles. The van der Waals surface area contributed by atoms with E-state index in [1.54, 1.807) is 0 Å². The Hall–Kier alpha value is -1.26. The molecule has 16 heavy (non-hydrogen) atoms. The van der Waals surface area contributed by atoms with Crippen LogP contribution in [0.1, 0.15) is 6.92 Å². The van der Waals surface area contributed by atoms with Gasteiger partial charge in [0.15, 0.2) is 0 Å². The summed E-state index contributed by atoms with van der Waals surface area (Å²) < 4.78 is 0. The highest BCUT2D eigenvalue weighted by Crippen LogP contribution is 2.26.